The van der Waals surface area contributed by atoms with Gasteiger partial charge in [-0.05, 0) is 43.1 Å². The summed E-state index contributed by atoms with van der Waals surface area (Å²) < 4.78 is 1.93. The highest BCUT2D eigenvalue weighted by Gasteiger charge is 2.27. The van der Waals surface area contributed by atoms with Gasteiger partial charge < -0.3 is 10.4 Å². The van der Waals surface area contributed by atoms with Gasteiger partial charge in [-0.1, -0.05) is 31.7 Å². The molecule has 0 bridgehead atoms. The largest absolute Gasteiger partial charge is 0.396 e. The van der Waals surface area contributed by atoms with Crippen molar-refractivity contribution in [3.8, 4) is 0 Å². The standard InChI is InChI=1S/C17H25N3O2S/c1-4-17(5-2,9-11-21)12-18-15(22)14-13-8-6-7-10-20(13)16(19-14)23-3/h6-8,10,21H,4-5,9,11-12H2,1-3H3,(H,18,22). The van der Waals surface area contributed by atoms with Gasteiger partial charge in [-0.25, -0.2) is 4.98 Å². The molecule has 2 aromatic heterocycles. The molecule has 2 N–H and O–H groups in total. The molecule has 0 saturated carbocycles. The number of amides is 1. The zero-order valence-corrected chi connectivity index (χ0v) is 14.8. The maximum absolute atomic E-state index is 12.6. The highest BCUT2D eigenvalue weighted by atomic mass is 32.2. The molecule has 0 saturated heterocycles. The van der Waals surface area contributed by atoms with Gasteiger partial charge in [0.25, 0.3) is 5.91 Å². The lowest BCUT2D eigenvalue weighted by molar-refractivity contribution is 0.0904. The van der Waals surface area contributed by atoms with E-state index >= 15 is 0 Å². The van der Waals surface area contributed by atoms with Crippen LogP contribution in [0.15, 0.2) is 29.6 Å². The monoisotopic (exact) mass is 335 g/mol. The molecule has 5 nitrogen and oxygen atoms in total. The van der Waals surface area contributed by atoms with Crippen LogP contribution in [0.4, 0.5) is 0 Å². The summed E-state index contributed by atoms with van der Waals surface area (Å²) in [6.45, 7) is 4.90. The second kappa shape index (κ2) is 7.84. The average Bonchev–Trinajstić information content (AvgIpc) is 2.97. The van der Waals surface area contributed by atoms with Gasteiger partial charge in [0.05, 0.1) is 5.52 Å². The summed E-state index contributed by atoms with van der Waals surface area (Å²) in [4.78, 5) is 17.1. The molecular weight excluding hydrogens is 310 g/mol. The van der Waals surface area contributed by atoms with Crippen molar-refractivity contribution < 1.29 is 9.90 Å². The van der Waals surface area contributed by atoms with Crippen molar-refractivity contribution in [2.75, 3.05) is 19.4 Å². The van der Waals surface area contributed by atoms with E-state index in [0.717, 1.165) is 23.5 Å². The molecule has 0 fully saturated rings. The van der Waals surface area contributed by atoms with Crippen LogP contribution in [0, 0.1) is 5.41 Å². The van der Waals surface area contributed by atoms with E-state index in [1.807, 2.05) is 35.1 Å². The number of nitrogens with zero attached hydrogens (tertiary/aromatic N) is 2. The van der Waals surface area contributed by atoms with Crippen LogP contribution in [-0.4, -0.2) is 39.8 Å². The maximum atomic E-state index is 12.6. The van der Waals surface area contributed by atoms with Gasteiger partial charge in [-0.2, -0.15) is 0 Å². The third-order valence-corrected chi connectivity index (χ3v) is 5.33. The van der Waals surface area contributed by atoms with E-state index in [-0.39, 0.29) is 17.9 Å². The number of pyridine rings is 1. The van der Waals surface area contributed by atoms with Gasteiger partial charge >= 0.3 is 0 Å². The van der Waals surface area contributed by atoms with E-state index in [4.69, 9.17) is 0 Å². The van der Waals surface area contributed by atoms with Crippen LogP contribution in [0.5, 0.6) is 0 Å². The molecule has 2 heterocycles. The fourth-order valence-electron chi connectivity index (χ4n) is 2.85. The van der Waals surface area contributed by atoms with E-state index < -0.39 is 0 Å². The lowest BCUT2D eigenvalue weighted by atomic mass is 9.79. The predicted molar refractivity (Wildman–Crippen MR) is 94.0 cm³/mol. The van der Waals surface area contributed by atoms with Gasteiger partial charge in [0.1, 0.15) is 0 Å². The summed E-state index contributed by atoms with van der Waals surface area (Å²) in [6.07, 6.45) is 6.40. The Morgan fingerprint density at radius 3 is 2.74 bits per heavy atom. The quantitative estimate of drug-likeness (QED) is 0.728. The molecule has 0 aliphatic heterocycles. The minimum absolute atomic E-state index is 0.0533. The van der Waals surface area contributed by atoms with Crippen LogP contribution in [0.25, 0.3) is 5.52 Å². The molecule has 0 aliphatic rings. The Kier molecular flexibility index (Phi) is 6.07. The van der Waals surface area contributed by atoms with Crippen molar-refractivity contribution in [3.63, 3.8) is 0 Å². The minimum Gasteiger partial charge on any atom is -0.396 e. The number of nitrogens with one attached hydrogen (secondary N) is 1. The van der Waals surface area contributed by atoms with Crippen LogP contribution in [0.1, 0.15) is 43.6 Å². The number of fused-ring (bicyclic) bond motifs is 1. The van der Waals surface area contributed by atoms with E-state index in [1.165, 1.54) is 11.8 Å². The van der Waals surface area contributed by atoms with Crippen molar-refractivity contribution >= 4 is 23.2 Å². The Hall–Kier alpha value is -1.53. The third kappa shape index (κ3) is 3.70. The van der Waals surface area contributed by atoms with Crippen LogP contribution in [0.2, 0.25) is 0 Å². The van der Waals surface area contributed by atoms with Gasteiger partial charge in [0, 0.05) is 19.3 Å². The molecule has 23 heavy (non-hydrogen) atoms. The number of thioether (sulfide) groups is 1. The Balaban J connectivity index is 2.21. The summed E-state index contributed by atoms with van der Waals surface area (Å²) in [5, 5.41) is 13.1. The normalized spacial score (nSPS) is 11.8. The molecular formula is C17H25N3O2S. The Labute approximate surface area is 141 Å². The first kappa shape index (κ1) is 17.8. The molecule has 0 radical (unpaired) electrons. The number of rotatable bonds is 8. The molecule has 0 atom stereocenters. The number of hydrogen-bond acceptors (Lipinski definition) is 4. The highest BCUT2D eigenvalue weighted by Crippen LogP contribution is 2.29. The number of carbonyl (C=O) groups excluding carboxylic acids is 1. The molecule has 0 spiro atoms. The number of carbonyl (C=O) groups is 1. The van der Waals surface area contributed by atoms with Crippen molar-refractivity contribution in [3.05, 3.63) is 30.1 Å². The van der Waals surface area contributed by atoms with Gasteiger partial charge in [0.2, 0.25) is 0 Å². The van der Waals surface area contributed by atoms with Crippen LogP contribution in [0.3, 0.4) is 0 Å². The topological polar surface area (TPSA) is 66.6 Å². The fourth-order valence-corrected chi connectivity index (χ4v) is 3.39. The van der Waals surface area contributed by atoms with Gasteiger partial charge in [0.15, 0.2) is 10.9 Å². The molecule has 0 unspecified atom stereocenters. The summed E-state index contributed by atoms with van der Waals surface area (Å²) in [6, 6.07) is 5.74. The first-order chi connectivity index (χ1) is 11.1. The van der Waals surface area contributed by atoms with Crippen molar-refractivity contribution in [1.29, 1.82) is 0 Å². The Morgan fingerprint density at radius 1 is 1.39 bits per heavy atom. The molecule has 2 aromatic rings. The number of hydrogen-bond donors (Lipinski definition) is 2. The molecule has 0 aliphatic carbocycles. The zero-order valence-electron chi connectivity index (χ0n) is 14.0. The van der Waals surface area contributed by atoms with Crippen molar-refractivity contribution in [2.24, 2.45) is 5.41 Å². The second-order valence-corrected chi connectivity index (χ2v) is 6.54. The lowest BCUT2D eigenvalue weighted by Gasteiger charge is -2.31. The van der Waals surface area contributed by atoms with Crippen LogP contribution >= 0.6 is 11.8 Å². The third-order valence-electron chi connectivity index (χ3n) is 4.68. The number of aliphatic hydroxyl groups excluding tert-OH is 1. The molecule has 2 rings (SSSR count). The SMILES string of the molecule is CCC(CC)(CCO)CNC(=O)c1nc(SC)n2ccccc12. The molecule has 0 aromatic carbocycles. The number of aliphatic hydroxyl groups is 1. The molecule has 126 valence electrons. The fraction of sp³-hybridized carbons (Fsp3) is 0.529. The van der Waals surface area contributed by atoms with Gasteiger partial charge in [-0.3, -0.25) is 9.20 Å². The van der Waals surface area contributed by atoms with Gasteiger partial charge in [-0.15, -0.1) is 0 Å². The predicted octanol–water partition coefficient (Wildman–Crippen LogP) is 2.97. The number of aromatic nitrogens is 2. The second-order valence-electron chi connectivity index (χ2n) is 5.77. The first-order valence-electron chi connectivity index (χ1n) is 8.01. The number of imidazole rings is 1. The van der Waals surface area contributed by atoms with E-state index in [2.05, 4.69) is 24.1 Å². The molecule has 1 amide bonds. The Bertz CT molecular complexity index is 665. The van der Waals surface area contributed by atoms with Crippen molar-refractivity contribution in [1.82, 2.24) is 14.7 Å². The first-order valence-corrected chi connectivity index (χ1v) is 9.23. The summed E-state index contributed by atoms with van der Waals surface area (Å²) >= 11 is 1.52. The lowest BCUT2D eigenvalue weighted by Crippen LogP contribution is -2.37. The van der Waals surface area contributed by atoms with Crippen molar-refractivity contribution in [2.45, 2.75) is 38.3 Å². The molecule has 6 heteroatoms. The zero-order chi connectivity index (χ0) is 16.9. The van der Waals surface area contributed by atoms with Crippen LogP contribution < -0.4 is 5.32 Å². The maximum Gasteiger partial charge on any atom is 0.272 e. The smallest absolute Gasteiger partial charge is 0.272 e. The summed E-state index contributed by atoms with van der Waals surface area (Å²) in [7, 11) is 0. The summed E-state index contributed by atoms with van der Waals surface area (Å²) in [5.41, 5.74) is 1.22. The van der Waals surface area contributed by atoms with E-state index in [0.29, 0.717) is 18.7 Å². The van der Waals surface area contributed by atoms with E-state index in [9.17, 15) is 9.90 Å². The summed E-state index contributed by atoms with van der Waals surface area (Å²) in [5.74, 6) is -0.154. The van der Waals surface area contributed by atoms with E-state index in [1.54, 1.807) is 0 Å². The highest BCUT2D eigenvalue weighted by molar-refractivity contribution is 7.98. The Morgan fingerprint density at radius 2 is 2.13 bits per heavy atom. The van der Waals surface area contributed by atoms with Crippen LogP contribution in [-0.2, 0) is 0 Å². The average molecular weight is 335 g/mol. The minimum atomic E-state index is -0.154.